The van der Waals surface area contributed by atoms with Gasteiger partial charge in [-0.2, -0.15) is 13.2 Å². The third-order valence-corrected chi connectivity index (χ3v) is 3.53. The zero-order valence-corrected chi connectivity index (χ0v) is 12.4. The van der Waals surface area contributed by atoms with Crippen LogP contribution in [0, 0.1) is 5.92 Å². The van der Waals surface area contributed by atoms with E-state index < -0.39 is 11.7 Å². The molecule has 1 heterocycles. The Hall–Kier alpha value is -1.27. The Kier molecular flexibility index (Phi) is 6.04. The van der Waals surface area contributed by atoms with Crippen molar-refractivity contribution >= 4 is 18.3 Å². The van der Waals surface area contributed by atoms with Gasteiger partial charge in [0.05, 0.1) is 5.56 Å². The molecule has 1 amide bonds. The molecule has 0 radical (unpaired) electrons. The number of alkyl halides is 3. The first-order valence-electron chi connectivity index (χ1n) is 6.53. The molecule has 1 aromatic rings. The highest BCUT2D eigenvalue weighted by Gasteiger charge is 2.31. The SMILES string of the molecule is CNCC1CCN(C(=O)c2ccc(C(F)(F)F)cc2)C1.Cl. The van der Waals surface area contributed by atoms with Gasteiger partial charge in [-0.3, -0.25) is 4.79 Å². The number of amides is 1. The smallest absolute Gasteiger partial charge is 0.338 e. The fourth-order valence-electron chi connectivity index (χ4n) is 2.46. The number of nitrogens with one attached hydrogen (secondary N) is 1. The Morgan fingerprint density at radius 3 is 2.48 bits per heavy atom. The van der Waals surface area contributed by atoms with Crippen LogP contribution in [0.5, 0.6) is 0 Å². The van der Waals surface area contributed by atoms with Gasteiger partial charge in [0.1, 0.15) is 0 Å². The zero-order chi connectivity index (χ0) is 14.8. The van der Waals surface area contributed by atoms with Gasteiger partial charge < -0.3 is 10.2 Å². The molecule has 0 aliphatic carbocycles. The molecule has 1 aliphatic heterocycles. The topological polar surface area (TPSA) is 32.3 Å². The summed E-state index contributed by atoms with van der Waals surface area (Å²) in [5.74, 6) is 0.218. The van der Waals surface area contributed by atoms with Crippen LogP contribution in [0.15, 0.2) is 24.3 Å². The minimum absolute atomic E-state index is 0. The molecule has 0 aromatic heterocycles. The summed E-state index contributed by atoms with van der Waals surface area (Å²) in [5.41, 5.74) is -0.424. The molecule has 3 nitrogen and oxygen atoms in total. The van der Waals surface area contributed by atoms with Crippen molar-refractivity contribution in [2.45, 2.75) is 12.6 Å². The summed E-state index contributed by atoms with van der Waals surface area (Å²) < 4.78 is 37.4. The van der Waals surface area contributed by atoms with E-state index in [2.05, 4.69) is 5.32 Å². The molecule has 118 valence electrons. The Balaban J connectivity index is 0.00000220. The van der Waals surface area contributed by atoms with Gasteiger partial charge in [-0.05, 0) is 50.2 Å². The molecule has 1 aliphatic rings. The van der Waals surface area contributed by atoms with Gasteiger partial charge in [0.2, 0.25) is 0 Å². The maximum Gasteiger partial charge on any atom is 0.416 e. The molecule has 1 saturated heterocycles. The van der Waals surface area contributed by atoms with Crippen molar-refractivity contribution < 1.29 is 18.0 Å². The lowest BCUT2D eigenvalue weighted by atomic mass is 10.1. The molecular formula is C14H18ClF3N2O. The van der Waals surface area contributed by atoms with Crippen LogP contribution >= 0.6 is 12.4 Å². The Labute approximate surface area is 127 Å². The number of benzene rings is 1. The van der Waals surface area contributed by atoms with Crippen LogP contribution in [0.4, 0.5) is 13.2 Å². The van der Waals surface area contributed by atoms with Gasteiger partial charge in [-0.1, -0.05) is 0 Å². The zero-order valence-electron chi connectivity index (χ0n) is 11.6. The Morgan fingerprint density at radius 1 is 1.33 bits per heavy atom. The lowest BCUT2D eigenvalue weighted by Gasteiger charge is -2.17. The van der Waals surface area contributed by atoms with E-state index in [1.165, 1.54) is 12.1 Å². The Morgan fingerprint density at radius 2 is 1.95 bits per heavy atom. The van der Waals surface area contributed by atoms with Crippen molar-refractivity contribution in [2.24, 2.45) is 5.92 Å². The molecule has 0 spiro atoms. The molecule has 2 rings (SSSR count). The summed E-state index contributed by atoms with van der Waals surface area (Å²) in [6.07, 6.45) is -3.44. The van der Waals surface area contributed by atoms with Gasteiger partial charge in [-0.25, -0.2) is 0 Å². The summed E-state index contributed by atoms with van der Waals surface area (Å²) in [7, 11) is 1.86. The first-order valence-corrected chi connectivity index (χ1v) is 6.53. The van der Waals surface area contributed by atoms with Crippen molar-refractivity contribution in [1.82, 2.24) is 10.2 Å². The molecule has 0 saturated carbocycles. The van der Waals surface area contributed by atoms with E-state index >= 15 is 0 Å². The number of rotatable bonds is 3. The summed E-state index contributed by atoms with van der Waals surface area (Å²) in [6, 6.07) is 4.40. The molecule has 1 fully saturated rings. The third-order valence-electron chi connectivity index (χ3n) is 3.53. The Bertz CT molecular complexity index is 476. The molecule has 1 atom stereocenters. The number of hydrogen-bond donors (Lipinski definition) is 1. The van der Waals surface area contributed by atoms with Gasteiger partial charge in [0.25, 0.3) is 5.91 Å². The van der Waals surface area contributed by atoms with Crippen LogP contribution in [-0.4, -0.2) is 37.5 Å². The second kappa shape index (κ2) is 7.13. The standard InChI is InChI=1S/C14H17F3N2O.ClH/c1-18-8-10-6-7-19(9-10)13(20)11-2-4-12(5-3-11)14(15,16)17;/h2-5,10,18H,6-9H2,1H3;1H. The largest absolute Gasteiger partial charge is 0.416 e. The van der Waals surface area contributed by atoms with Crippen molar-refractivity contribution in [1.29, 1.82) is 0 Å². The van der Waals surface area contributed by atoms with E-state index in [1.807, 2.05) is 7.05 Å². The van der Waals surface area contributed by atoms with Gasteiger partial charge in [-0.15, -0.1) is 12.4 Å². The second-order valence-corrected chi connectivity index (χ2v) is 5.04. The van der Waals surface area contributed by atoms with E-state index in [-0.39, 0.29) is 18.3 Å². The molecule has 1 N–H and O–H groups in total. The van der Waals surface area contributed by atoms with Crippen molar-refractivity contribution in [3.8, 4) is 0 Å². The summed E-state index contributed by atoms with van der Waals surface area (Å²) in [5, 5.41) is 3.07. The molecule has 1 aromatic carbocycles. The lowest BCUT2D eigenvalue weighted by Crippen LogP contribution is -2.30. The van der Waals surface area contributed by atoms with Crippen molar-refractivity contribution in [2.75, 3.05) is 26.7 Å². The molecule has 7 heteroatoms. The highest BCUT2D eigenvalue weighted by atomic mass is 35.5. The maximum absolute atomic E-state index is 12.5. The van der Waals surface area contributed by atoms with Crippen molar-refractivity contribution in [3.05, 3.63) is 35.4 Å². The molecular weight excluding hydrogens is 305 g/mol. The van der Waals surface area contributed by atoms with E-state index in [1.54, 1.807) is 4.90 Å². The summed E-state index contributed by atoms with van der Waals surface area (Å²) in [6.45, 7) is 2.16. The summed E-state index contributed by atoms with van der Waals surface area (Å²) in [4.78, 5) is 13.9. The third kappa shape index (κ3) is 4.35. The average molecular weight is 323 g/mol. The number of halogens is 4. The maximum atomic E-state index is 12.5. The minimum Gasteiger partial charge on any atom is -0.338 e. The highest BCUT2D eigenvalue weighted by Crippen LogP contribution is 2.29. The predicted molar refractivity (Wildman–Crippen MR) is 76.6 cm³/mol. The monoisotopic (exact) mass is 322 g/mol. The van der Waals surface area contributed by atoms with E-state index in [9.17, 15) is 18.0 Å². The first kappa shape index (κ1) is 17.8. The fourth-order valence-corrected chi connectivity index (χ4v) is 2.46. The van der Waals surface area contributed by atoms with Crippen LogP contribution in [-0.2, 0) is 6.18 Å². The van der Waals surface area contributed by atoms with E-state index in [0.29, 0.717) is 24.6 Å². The lowest BCUT2D eigenvalue weighted by molar-refractivity contribution is -0.137. The van der Waals surface area contributed by atoms with Gasteiger partial charge in [0, 0.05) is 18.7 Å². The van der Waals surface area contributed by atoms with Gasteiger partial charge >= 0.3 is 6.18 Å². The number of carbonyl (C=O) groups is 1. The molecule has 21 heavy (non-hydrogen) atoms. The van der Waals surface area contributed by atoms with E-state index in [0.717, 1.165) is 25.1 Å². The van der Waals surface area contributed by atoms with Crippen LogP contribution in [0.25, 0.3) is 0 Å². The minimum atomic E-state index is -4.37. The van der Waals surface area contributed by atoms with Gasteiger partial charge in [0.15, 0.2) is 0 Å². The molecule has 1 unspecified atom stereocenters. The molecule has 0 bridgehead atoms. The number of likely N-dealkylation sites (tertiary alicyclic amines) is 1. The number of carbonyl (C=O) groups excluding carboxylic acids is 1. The van der Waals surface area contributed by atoms with Crippen LogP contribution in [0.1, 0.15) is 22.3 Å². The predicted octanol–water partition coefficient (Wildman–Crippen LogP) is 2.81. The first-order chi connectivity index (χ1) is 9.41. The van der Waals surface area contributed by atoms with E-state index in [4.69, 9.17) is 0 Å². The summed E-state index contributed by atoms with van der Waals surface area (Å²) >= 11 is 0. The second-order valence-electron chi connectivity index (χ2n) is 5.04. The number of hydrogen-bond acceptors (Lipinski definition) is 2. The van der Waals surface area contributed by atoms with Crippen LogP contribution in [0.2, 0.25) is 0 Å². The van der Waals surface area contributed by atoms with Crippen LogP contribution < -0.4 is 5.32 Å². The highest BCUT2D eigenvalue weighted by molar-refractivity contribution is 5.94. The average Bonchev–Trinajstić information content (AvgIpc) is 2.86. The van der Waals surface area contributed by atoms with Crippen LogP contribution in [0.3, 0.4) is 0 Å². The van der Waals surface area contributed by atoms with Crippen molar-refractivity contribution in [3.63, 3.8) is 0 Å². The normalized spacial score (nSPS) is 18.5. The fraction of sp³-hybridized carbons (Fsp3) is 0.500. The quantitative estimate of drug-likeness (QED) is 0.928. The number of nitrogens with zero attached hydrogens (tertiary/aromatic N) is 1.